The smallest absolute Gasteiger partial charge is 0.216 e. The van der Waals surface area contributed by atoms with Crippen molar-refractivity contribution in [2.75, 3.05) is 0 Å². The molecule has 0 amide bonds. The van der Waals surface area contributed by atoms with Crippen molar-refractivity contribution >= 4 is 27.2 Å². The van der Waals surface area contributed by atoms with E-state index in [4.69, 9.17) is 18.0 Å². The molecule has 2 rings (SSSR count). The molecule has 1 aliphatic rings. The summed E-state index contributed by atoms with van der Waals surface area (Å²) in [6, 6.07) is 7.11. The zero-order valence-electron chi connectivity index (χ0n) is 11.6. The molecule has 1 saturated carbocycles. The molecule has 1 aromatic rings. The second kappa shape index (κ2) is 5.79. The molecule has 0 heterocycles. The summed E-state index contributed by atoms with van der Waals surface area (Å²) in [5, 5.41) is 0. The third kappa shape index (κ3) is 3.77. The molecule has 0 unspecified atom stereocenters. The molecule has 0 saturated heterocycles. The van der Waals surface area contributed by atoms with Crippen molar-refractivity contribution in [3.05, 3.63) is 35.4 Å². The fraction of sp³-hybridized carbons (Fsp3) is 0.500. The minimum absolute atomic E-state index is 0.0872. The van der Waals surface area contributed by atoms with Crippen molar-refractivity contribution in [3.8, 4) is 0 Å². The van der Waals surface area contributed by atoms with Gasteiger partial charge in [0.2, 0.25) is 10.0 Å². The summed E-state index contributed by atoms with van der Waals surface area (Å²) in [4.78, 5) is 0.225. The predicted octanol–water partition coefficient (Wildman–Crippen LogP) is 2.07. The SMILES string of the molecule is CC1(NS(=O)(=O)Cc2ccccc2C(N)=S)CCCC1. The highest BCUT2D eigenvalue weighted by atomic mass is 32.2. The molecule has 6 heteroatoms. The number of nitrogens with one attached hydrogen (secondary N) is 1. The number of hydrogen-bond acceptors (Lipinski definition) is 3. The lowest BCUT2D eigenvalue weighted by Gasteiger charge is -2.25. The van der Waals surface area contributed by atoms with Gasteiger partial charge in [0, 0.05) is 11.1 Å². The van der Waals surface area contributed by atoms with Crippen LogP contribution in [0.5, 0.6) is 0 Å². The van der Waals surface area contributed by atoms with E-state index in [9.17, 15) is 8.42 Å². The largest absolute Gasteiger partial charge is 0.389 e. The first-order chi connectivity index (χ1) is 9.31. The lowest BCUT2D eigenvalue weighted by molar-refractivity contribution is 0.427. The van der Waals surface area contributed by atoms with E-state index in [1.807, 2.05) is 6.92 Å². The monoisotopic (exact) mass is 312 g/mol. The van der Waals surface area contributed by atoms with Crippen LogP contribution in [-0.2, 0) is 15.8 Å². The molecule has 4 nitrogen and oxygen atoms in total. The van der Waals surface area contributed by atoms with Crippen LogP contribution < -0.4 is 10.5 Å². The molecular weight excluding hydrogens is 292 g/mol. The van der Waals surface area contributed by atoms with E-state index in [0.29, 0.717) is 11.1 Å². The molecular formula is C14H20N2O2S2. The zero-order chi connectivity index (χ0) is 14.8. The van der Waals surface area contributed by atoms with Crippen molar-refractivity contribution in [1.82, 2.24) is 4.72 Å². The molecule has 0 spiro atoms. The molecule has 0 atom stereocenters. The Bertz CT molecular complexity index is 605. The maximum atomic E-state index is 12.3. The van der Waals surface area contributed by atoms with Gasteiger partial charge in [-0.1, -0.05) is 49.3 Å². The number of thiocarbonyl (C=S) groups is 1. The second-order valence-corrected chi connectivity index (χ2v) is 7.81. The normalized spacial score (nSPS) is 18.1. The minimum Gasteiger partial charge on any atom is -0.389 e. The number of nitrogens with two attached hydrogens (primary N) is 1. The standard InChI is InChI=1S/C14H20N2O2S2/c1-14(8-4-5-9-14)16-20(17,18)10-11-6-2-3-7-12(11)13(15)19/h2-3,6-7,16H,4-5,8-10H2,1H3,(H2,15,19). The summed E-state index contributed by atoms with van der Waals surface area (Å²) in [5.41, 5.74) is 6.61. The van der Waals surface area contributed by atoms with Crippen LogP contribution in [0.1, 0.15) is 43.7 Å². The van der Waals surface area contributed by atoms with Gasteiger partial charge in [-0.15, -0.1) is 0 Å². The van der Waals surface area contributed by atoms with Gasteiger partial charge >= 0.3 is 0 Å². The minimum atomic E-state index is -3.40. The Morgan fingerprint density at radius 1 is 1.35 bits per heavy atom. The second-order valence-electron chi connectivity index (χ2n) is 5.65. The van der Waals surface area contributed by atoms with E-state index in [0.717, 1.165) is 25.7 Å². The van der Waals surface area contributed by atoms with E-state index >= 15 is 0 Å². The van der Waals surface area contributed by atoms with Crippen LogP contribution in [0.4, 0.5) is 0 Å². The van der Waals surface area contributed by atoms with Crippen LogP contribution in [0, 0.1) is 0 Å². The summed E-state index contributed by atoms with van der Waals surface area (Å²) >= 11 is 4.97. The summed E-state index contributed by atoms with van der Waals surface area (Å²) in [7, 11) is -3.40. The van der Waals surface area contributed by atoms with E-state index < -0.39 is 10.0 Å². The molecule has 110 valence electrons. The summed E-state index contributed by atoms with van der Waals surface area (Å²) < 4.78 is 27.5. The van der Waals surface area contributed by atoms with Crippen LogP contribution in [0.2, 0.25) is 0 Å². The fourth-order valence-corrected chi connectivity index (χ4v) is 4.65. The molecule has 0 bridgehead atoms. The lowest BCUT2D eigenvalue weighted by Crippen LogP contribution is -2.44. The zero-order valence-corrected chi connectivity index (χ0v) is 13.2. The lowest BCUT2D eigenvalue weighted by atomic mass is 10.0. The molecule has 1 aliphatic carbocycles. The average Bonchev–Trinajstić information content (AvgIpc) is 2.74. The Labute approximate surface area is 125 Å². The van der Waals surface area contributed by atoms with Crippen LogP contribution in [0.15, 0.2) is 24.3 Å². The highest BCUT2D eigenvalue weighted by Gasteiger charge is 2.33. The van der Waals surface area contributed by atoms with Gasteiger partial charge in [-0.3, -0.25) is 0 Å². The molecule has 0 aromatic heterocycles. The Balaban J connectivity index is 2.18. The van der Waals surface area contributed by atoms with Crippen molar-refractivity contribution < 1.29 is 8.42 Å². The van der Waals surface area contributed by atoms with E-state index in [2.05, 4.69) is 4.72 Å². The van der Waals surface area contributed by atoms with Crippen molar-refractivity contribution in [3.63, 3.8) is 0 Å². The van der Waals surface area contributed by atoms with E-state index in [-0.39, 0.29) is 16.3 Å². The Hall–Kier alpha value is -0.980. The van der Waals surface area contributed by atoms with Crippen LogP contribution >= 0.6 is 12.2 Å². The maximum absolute atomic E-state index is 12.3. The first kappa shape index (κ1) is 15.4. The number of sulfonamides is 1. The Morgan fingerprint density at radius 3 is 2.55 bits per heavy atom. The van der Waals surface area contributed by atoms with Gasteiger partial charge in [0.15, 0.2) is 0 Å². The predicted molar refractivity (Wildman–Crippen MR) is 85.0 cm³/mol. The van der Waals surface area contributed by atoms with Crippen molar-refractivity contribution in [1.29, 1.82) is 0 Å². The van der Waals surface area contributed by atoms with Crippen LogP contribution in [0.3, 0.4) is 0 Å². The Morgan fingerprint density at radius 2 is 1.95 bits per heavy atom. The van der Waals surface area contributed by atoms with E-state index in [1.54, 1.807) is 24.3 Å². The highest BCUT2D eigenvalue weighted by molar-refractivity contribution is 7.88. The van der Waals surface area contributed by atoms with Gasteiger partial charge in [0.05, 0.1) is 5.75 Å². The van der Waals surface area contributed by atoms with Gasteiger partial charge in [0.25, 0.3) is 0 Å². The van der Waals surface area contributed by atoms with Gasteiger partial charge < -0.3 is 5.73 Å². The number of benzene rings is 1. The van der Waals surface area contributed by atoms with Gasteiger partial charge in [0.1, 0.15) is 4.99 Å². The van der Waals surface area contributed by atoms with Gasteiger partial charge in [-0.05, 0) is 25.3 Å². The maximum Gasteiger partial charge on any atom is 0.216 e. The molecule has 0 radical (unpaired) electrons. The summed E-state index contributed by atoms with van der Waals surface area (Å²) in [6.07, 6.45) is 3.93. The van der Waals surface area contributed by atoms with E-state index in [1.165, 1.54) is 0 Å². The third-order valence-corrected chi connectivity index (χ3v) is 5.45. The first-order valence-corrected chi connectivity index (χ1v) is 8.77. The molecule has 1 aromatic carbocycles. The molecule has 1 fully saturated rings. The van der Waals surface area contributed by atoms with Gasteiger partial charge in [-0.25, -0.2) is 13.1 Å². The fourth-order valence-electron chi connectivity index (χ4n) is 2.76. The molecule has 20 heavy (non-hydrogen) atoms. The molecule has 0 aliphatic heterocycles. The van der Waals surface area contributed by atoms with Crippen molar-refractivity contribution in [2.24, 2.45) is 5.73 Å². The third-order valence-electron chi connectivity index (χ3n) is 3.74. The average molecular weight is 312 g/mol. The van der Waals surface area contributed by atoms with Gasteiger partial charge in [-0.2, -0.15) is 0 Å². The van der Waals surface area contributed by atoms with Crippen LogP contribution in [-0.4, -0.2) is 18.9 Å². The number of rotatable bonds is 5. The number of hydrogen-bond donors (Lipinski definition) is 2. The molecule has 3 N–H and O–H groups in total. The topological polar surface area (TPSA) is 72.2 Å². The quantitative estimate of drug-likeness (QED) is 0.817. The summed E-state index contributed by atoms with van der Waals surface area (Å²) in [5.74, 6) is -0.0872. The Kier molecular flexibility index (Phi) is 4.46. The van der Waals surface area contributed by atoms with Crippen LogP contribution in [0.25, 0.3) is 0 Å². The summed E-state index contributed by atoms with van der Waals surface area (Å²) in [6.45, 7) is 1.97. The van der Waals surface area contributed by atoms with Crippen molar-refractivity contribution in [2.45, 2.75) is 43.9 Å². The highest BCUT2D eigenvalue weighted by Crippen LogP contribution is 2.30. The first-order valence-electron chi connectivity index (χ1n) is 6.71.